The van der Waals surface area contributed by atoms with Gasteiger partial charge in [-0.25, -0.2) is 4.98 Å². The Morgan fingerprint density at radius 2 is 2.24 bits per heavy atom. The molecule has 0 aromatic carbocycles. The summed E-state index contributed by atoms with van der Waals surface area (Å²) >= 11 is 6.01. The Morgan fingerprint density at radius 3 is 2.95 bits per heavy atom. The molecular weight excluding hydrogens is 284 g/mol. The number of hydrogen-bond acceptors (Lipinski definition) is 2. The molecule has 0 radical (unpaired) electrons. The molecule has 2 atom stereocenters. The summed E-state index contributed by atoms with van der Waals surface area (Å²) in [5.41, 5.74) is 1.52. The van der Waals surface area contributed by atoms with E-state index in [0.29, 0.717) is 16.6 Å². The number of carbonyl (C=O) groups excluding carboxylic acids is 1. The molecule has 2 rings (SSSR count). The van der Waals surface area contributed by atoms with Crippen molar-refractivity contribution < 1.29 is 4.79 Å². The lowest BCUT2D eigenvalue weighted by Crippen LogP contribution is -2.31. The van der Waals surface area contributed by atoms with Gasteiger partial charge in [-0.2, -0.15) is 0 Å². The first-order valence-electron chi connectivity index (χ1n) is 8.03. The zero-order chi connectivity index (χ0) is 15.2. The van der Waals surface area contributed by atoms with Gasteiger partial charge < -0.3 is 5.32 Å². The summed E-state index contributed by atoms with van der Waals surface area (Å²) in [5, 5.41) is 3.46. The molecule has 1 aromatic rings. The fraction of sp³-hybridized carbons (Fsp3) is 0.647. The first-order chi connectivity index (χ1) is 10.1. The van der Waals surface area contributed by atoms with E-state index in [1.807, 2.05) is 6.07 Å². The predicted octanol–water partition coefficient (Wildman–Crippen LogP) is 4.24. The lowest BCUT2D eigenvalue weighted by molar-refractivity contribution is 0.0940. The highest BCUT2D eigenvalue weighted by Crippen LogP contribution is 2.28. The van der Waals surface area contributed by atoms with Crippen molar-refractivity contribution in [2.75, 3.05) is 6.54 Å². The molecule has 2 unspecified atom stereocenters. The van der Waals surface area contributed by atoms with Crippen LogP contribution in [0.25, 0.3) is 0 Å². The number of carbonyl (C=O) groups is 1. The molecule has 1 heterocycles. The van der Waals surface area contributed by atoms with Crippen molar-refractivity contribution in [2.45, 2.75) is 52.4 Å². The van der Waals surface area contributed by atoms with E-state index in [1.54, 1.807) is 6.07 Å². The summed E-state index contributed by atoms with van der Waals surface area (Å²) in [5.74, 6) is 1.37. The molecule has 1 aliphatic carbocycles. The number of pyridine rings is 1. The summed E-state index contributed by atoms with van der Waals surface area (Å²) in [7, 11) is 0. The molecule has 1 amide bonds. The van der Waals surface area contributed by atoms with E-state index in [4.69, 9.17) is 11.6 Å². The van der Waals surface area contributed by atoms with Crippen molar-refractivity contribution in [2.24, 2.45) is 11.8 Å². The van der Waals surface area contributed by atoms with Crippen LogP contribution in [0.1, 0.15) is 62.0 Å². The van der Waals surface area contributed by atoms with E-state index in [9.17, 15) is 4.79 Å². The van der Waals surface area contributed by atoms with Gasteiger partial charge in [0.25, 0.3) is 5.91 Å². The van der Waals surface area contributed by atoms with Gasteiger partial charge in [-0.15, -0.1) is 0 Å². The third kappa shape index (κ3) is 4.99. The minimum atomic E-state index is -0.0325. The van der Waals surface area contributed by atoms with Crippen molar-refractivity contribution in [1.29, 1.82) is 0 Å². The Balaban J connectivity index is 1.93. The number of amides is 1. The van der Waals surface area contributed by atoms with Gasteiger partial charge in [0.1, 0.15) is 5.15 Å². The zero-order valence-electron chi connectivity index (χ0n) is 13.0. The van der Waals surface area contributed by atoms with Crippen LogP contribution in [0.15, 0.2) is 12.1 Å². The highest BCUT2D eigenvalue weighted by molar-refractivity contribution is 6.29. The highest BCUT2D eigenvalue weighted by atomic mass is 35.5. The third-order valence-corrected chi connectivity index (χ3v) is 4.41. The van der Waals surface area contributed by atoms with Gasteiger partial charge in [-0.1, -0.05) is 44.7 Å². The number of halogens is 1. The van der Waals surface area contributed by atoms with Gasteiger partial charge >= 0.3 is 0 Å². The van der Waals surface area contributed by atoms with Crippen molar-refractivity contribution in [3.05, 3.63) is 28.5 Å². The fourth-order valence-electron chi connectivity index (χ4n) is 3.15. The summed E-state index contributed by atoms with van der Waals surface area (Å²) in [4.78, 5) is 16.5. The Morgan fingerprint density at radius 1 is 1.43 bits per heavy atom. The minimum Gasteiger partial charge on any atom is -0.352 e. The standard InChI is InChI=1S/C17H25ClN2O/c1-3-5-15-9-14(10-16(18)20-15)17(21)19-11-13-7-4-6-12(2)8-13/h9-10,12-13H,3-8,11H2,1-2H3,(H,19,21). The average Bonchev–Trinajstić information content (AvgIpc) is 2.44. The monoisotopic (exact) mass is 308 g/mol. The maximum atomic E-state index is 12.3. The summed E-state index contributed by atoms with van der Waals surface area (Å²) in [6.45, 7) is 5.16. The van der Waals surface area contributed by atoms with Crippen LogP contribution in [-0.2, 0) is 6.42 Å². The van der Waals surface area contributed by atoms with E-state index in [2.05, 4.69) is 24.1 Å². The Kier molecular flexibility index (Phi) is 6.04. The van der Waals surface area contributed by atoms with Gasteiger partial charge in [-0.3, -0.25) is 4.79 Å². The number of rotatable bonds is 5. The molecule has 1 aromatic heterocycles. The molecule has 0 bridgehead atoms. The minimum absolute atomic E-state index is 0.0325. The van der Waals surface area contributed by atoms with Crippen molar-refractivity contribution in [3.63, 3.8) is 0 Å². The van der Waals surface area contributed by atoms with E-state index in [0.717, 1.165) is 31.0 Å². The number of aryl methyl sites for hydroxylation is 1. The number of aromatic nitrogens is 1. The average molecular weight is 309 g/mol. The SMILES string of the molecule is CCCc1cc(C(=O)NCC2CCCC(C)C2)cc(Cl)n1. The molecule has 1 fully saturated rings. The molecule has 116 valence electrons. The molecule has 1 aliphatic rings. The van der Waals surface area contributed by atoms with Crippen LogP contribution in [0.4, 0.5) is 0 Å². The summed E-state index contributed by atoms with van der Waals surface area (Å²) in [6, 6.07) is 3.51. The van der Waals surface area contributed by atoms with Gasteiger partial charge in [0.05, 0.1) is 0 Å². The zero-order valence-corrected chi connectivity index (χ0v) is 13.7. The second kappa shape index (κ2) is 7.79. The normalized spacial score (nSPS) is 22.0. The maximum absolute atomic E-state index is 12.3. The van der Waals surface area contributed by atoms with Crippen LogP contribution in [0.3, 0.4) is 0 Å². The van der Waals surface area contributed by atoms with E-state index in [1.165, 1.54) is 25.7 Å². The summed E-state index contributed by atoms with van der Waals surface area (Å²) in [6.07, 6.45) is 6.89. The van der Waals surface area contributed by atoms with Crippen LogP contribution in [0.5, 0.6) is 0 Å². The Bertz CT molecular complexity index is 490. The maximum Gasteiger partial charge on any atom is 0.251 e. The van der Waals surface area contributed by atoms with Crippen molar-refractivity contribution in [1.82, 2.24) is 10.3 Å². The van der Waals surface area contributed by atoms with Crippen molar-refractivity contribution >= 4 is 17.5 Å². The number of hydrogen-bond donors (Lipinski definition) is 1. The largest absolute Gasteiger partial charge is 0.352 e. The molecule has 3 nitrogen and oxygen atoms in total. The number of nitrogens with one attached hydrogen (secondary N) is 1. The molecule has 1 saturated carbocycles. The molecule has 4 heteroatoms. The molecule has 1 N–H and O–H groups in total. The molecule has 0 spiro atoms. The van der Waals surface area contributed by atoms with Gasteiger partial charge in [0, 0.05) is 17.8 Å². The molecular formula is C17H25ClN2O. The van der Waals surface area contributed by atoms with Gasteiger partial charge in [0.2, 0.25) is 0 Å². The Hall–Kier alpha value is -1.09. The predicted molar refractivity (Wildman–Crippen MR) is 86.7 cm³/mol. The van der Waals surface area contributed by atoms with Crippen LogP contribution in [0.2, 0.25) is 5.15 Å². The second-order valence-corrected chi connectivity index (χ2v) is 6.65. The lowest BCUT2D eigenvalue weighted by atomic mass is 9.82. The highest BCUT2D eigenvalue weighted by Gasteiger charge is 2.19. The lowest BCUT2D eigenvalue weighted by Gasteiger charge is -2.26. The van der Waals surface area contributed by atoms with Gasteiger partial charge in [0.15, 0.2) is 0 Å². The van der Waals surface area contributed by atoms with E-state index < -0.39 is 0 Å². The summed E-state index contributed by atoms with van der Waals surface area (Å²) < 4.78 is 0. The molecule has 0 aliphatic heterocycles. The number of nitrogens with zero attached hydrogens (tertiary/aromatic N) is 1. The Labute approximate surface area is 132 Å². The smallest absolute Gasteiger partial charge is 0.251 e. The van der Waals surface area contributed by atoms with E-state index >= 15 is 0 Å². The van der Waals surface area contributed by atoms with Crippen molar-refractivity contribution in [3.8, 4) is 0 Å². The fourth-order valence-corrected chi connectivity index (χ4v) is 3.38. The van der Waals surface area contributed by atoms with Crippen LogP contribution in [-0.4, -0.2) is 17.4 Å². The van der Waals surface area contributed by atoms with Crippen LogP contribution >= 0.6 is 11.6 Å². The van der Waals surface area contributed by atoms with E-state index in [-0.39, 0.29) is 5.91 Å². The third-order valence-electron chi connectivity index (χ3n) is 4.21. The second-order valence-electron chi connectivity index (χ2n) is 6.27. The first kappa shape index (κ1) is 16.3. The van der Waals surface area contributed by atoms with Crippen LogP contribution < -0.4 is 5.32 Å². The molecule has 0 saturated heterocycles. The van der Waals surface area contributed by atoms with Gasteiger partial charge in [-0.05, 0) is 43.2 Å². The first-order valence-corrected chi connectivity index (χ1v) is 8.41. The van der Waals surface area contributed by atoms with Crippen LogP contribution in [0, 0.1) is 11.8 Å². The molecule has 21 heavy (non-hydrogen) atoms. The quantitative estimate of drug-likeness (QED) is 0.826. The topological polar surface area (TPSA) is 42.0 Å².